The lowest BCUT2D eigenvalue weighted by Crippen LogP contribution is -2.01. The Morgan fingerprint density at radius 3 is 2.27 bits per heavy atom. The van der Waals surface area contributed by atoms with Gasteiger partial charge < -0.3 is 15.9 Å². The third-order valence-electron chi connectivity index (χ3n) is 1.97. The summed E-state index contributed by atoms with van der Waals surface area (Å²) in [5, 5.41) is 7.11. The first-order valence-corrected chi connectivity index (χ1v) is 4.34. The second-order valence-electron chi connectivity index (χ2n) is 2.84. The molecule has 0 aliphatic rings. The van der Waals surface area contributed by atoms with Gasteiger partial charge >= 0.3 is 5.97 Å². The van der Waals surface area contributed by atoms with Crippen LogP contribution in [0.5, 0.6) is 0 Å². The second-order valence-corrected chi connectivity index (χ2v) is 2.84. The zero-order chi connectivity index (χ0) is 11.3. The van der Waals surface area contributed by atoms with Crippen molar-refractivity contribution >= 4 is 17.8 Å². The van der Waals surface area contributed by atoms with E-state index in [2.05, 4.69) is 4.74 Å². The van der Waals surface area contributed by atoms with Crippen LogP contribution in [-0.4, -0.2) is 19.3 Å². The maximum Gasteiger partial charge on any atom is 0.337 e. The number of benzene rings is 1. The summed E-state index contributed by atoms with van der Waals surface area (Å²) in [5.41, 5.74) is 7.20. The van der Waals surface area contributed by atoms with Crippen molar-refractivity contribution in [3.63, 3.8) is 0 Å². The molecule has 0 aromatic heterocycles. The first kappa shape index (κ1) is 11.0. The van der Waals surface area contributed by atoms with Crippen molar-refractivity contribution in [1.82, 2.24) is 0 Å². The molecule has 0 fully saturated rings. The quantitative estimate of drug-likeness (QED) is 0.577. The summed E-state index contributed by atoms with van der Waals surface area (Å²) < 4.78 is 4.57. The van der Waals surface area contributed by atoms with E-state index in [1.807, 2.05) is 0 Å². The van der Waals surface area contributed by atoms with Gasteiger partial charge in [-0.15, -0.1) is 0 Å². The molecular weight excluding hydrogens is 192 g/mol. The topological polar surface area (TPSA) is 76.2 Å². The molecule has 0 unspecified atom stereocenters. The number of nitrogens with two attached hydrogens (primary N) is 1. The summed E-state index contributed by atoms with van der Waals surface area (Å²) in [4.78, 5) is 11.1. The van der Waals surface area contributed by atoms with Crippen molar-refractivity contribution in [2.24, 2.45) is 5.73 Å². The Labute approximate surface area is 87.9 Å². The Balaban J connectivity index is 2.99. The van der Waals surface area contributed by atoms with E-state index in [1.165, 1.54) is 13.3 Å². The number of allylic oxidation sites excluding steroid dienone is 1. The van der Waals surface area contributed by atoms with E-state index in [4.69, 9.17) is 11.1 Å². The number of hydrogen-bond acceptors (Lipinski definition) is 4. The van der Waals surface area contributed by atoms with Gasteiger partial charge in [-0.1, -0.05) is 12.1 Å². The van der Waals surface area contributed by atoms with Crippen LogP contribution in [0.15, 0.2) is 30.5 Å². The van der Waals surface area contributed by atoms with Crippen molar-refractivity contribution in [2.45, 2.75) is 0 Å². The van der Waals surface area contributed by atoms with Gasteiger partial charge in [0.1, 0.15) is 0 Å². The number of esters is 1. The van der Waals surface area contributed by atoms with E-state index in [-0.39, 0.29) is 5.97 Å². The molecule has 1 aromatic rings. The number of methoxy groups -OCH3 is 1. The van der Waals surface area contributed by atoms with E-state index in [1.54, 1.807) is 24.3 Å². The van der Waals surface area contributed by atoms with Gasteiger partial charge in [0.25, 0.3) is 0 Å². The fourth-order valence-electron chi connectivity index (χ4n) is 1.14. The highest BCUT2D eigenvalue weighted by atomic mass is 16.5. The average Bonchev–Trinajstić information content (AvgIpc) is 2.30. The minimum Gasteiger partial charge on any atom is -0.465 e. The van der Waals surface area contributed by atoms with Crippen LogP contribution < -0.4 is 5.73 Å². The summed E-state index contributed by atoms with van der Waals surface area (Å²) in [7, 11) is 1.33. The van der Waals surface area contributed by atoms with E-state index in [0.717, 1.165) is 11.8 Å². The molecule has 1 rings (SSSR count). The molecule has 0 bridgehead atoms. The molecule has 0 spiro atoms. The van der Waals surface area contributed by atoms with Crippen LogP contribution in [0.3, 0.4) is 0 Å². The molecule has 4 nitrogen and oxygen atoms in total. The fraction of sp³-hybridized carbons (Fsp3) is 0.0909. The maximum absolute atomic E-state index is 11.1. The zero-order valence-electron chi connectivity index (χ0n) is 8.36. The standard InChI is InChI=1S/C11H12N2O2/c1-15-11(14)9-4-2-8(3-5-9)10(6-12)7-13/h2-7,12H,13H2,1H3/b10-7+,12-6?. The van der Waals surface area contributed by atoms with Crippen LogP contribution in [0, 0.1) is 5.41 Å². The maximum atomic E-state index is 11.1. The average molecular weight is 204 g/mol. The Hall–Kier alpha value is -2.10. The Bertz CT molecular complexity index is 394. The van der Waals surface area contributed by atoms with Gasteiger partial charge in [-0.3, -0.25) is 0 Å². The minimum absolute atomic E-state index is 0.380. The first-order chi connectivity index (χ1) is 7.22. The van der Waals surface area contributed by atoms with Crippen LogP contribution in [0.1, 0.15) is 15.9 Å². The lowest BCUT2D eigenvalue weighted by molar-refractivity contribution is 0.0601. The van der Waals surface area contributed by atoms with E-state index >= 15 is 0 Å². The molecular formula is C11H12N2O2. The molecule has 0 saturated heterocycles. The highest BCUT2D eigenvalue weighted by molar-refractivity contribution is 6.08. The van der Waals surface area contributed by atoms with Crippen LogP contribution in [0.2, 0.25) is 0 Å². The number of ether oxygens (including phenoxy) is 1. The van der Waals surface area contributed by atoms with Gasteiger partial charge in [0.05, 0.1) is 12.7 Å². The van der Waals surface area contributed by atoms with Gasteiger partial charge in [0.2, 0.25) is 0 Å². The van der Waals surface area contributed by atoms with E-state index in [0.29, 0.717) is 11.1 Å². The summed E-state index contributed by atoms with van der Waals surface area (Å²) >= 11 is 0. The van der Waals surface area contributed by atoms with Crippen molar-refractivity contribution in [1.29, 1.82) is 5.41 Å². The molecule has 3 N–H and O–H groups in total. The SMILES string of the molecule is COC(=O)c1ccc(/C(C=N)=C/N)cc1. The molecule has 78 valence electrons. The summed E-state index contributed by atoms with van der Waals surface area (Å²) in [6.07, 6.45) is 2.51. The second kappa shape index (κ2) is 4.95. The zero-order valence-corrected chi connectivity index (χ0v) is 8.36. The molecule has 4 heteroatoms. The van der Waals surface area contributed by atoms with Crippen LogP contribution in [0.25, 0.3) is 5.57 Å². The van der Waals surface area contributed by atoms with Gasteiger partial charge in [-0.2, -0.15) is 0 Å². The number of nitrogens with one attached hydrogen (secondary N) is 1. The fourth-order valence-corrected chi connectivity index (χ4v) is 1.14. The van der Waals surface area contributed by atoms with Crippen LogP contribution in [-0.2, 0) is 4.74 Å². The third kappa shape index (κ3) is 2.43. The summed E-state index contributed by atoms with van der Waals surface area (Å²) in [6, 6.07) is 6.70. The van der Waals surface area contributed by atoms with Gasteiger partial charge in [0, 0.05) is 18.0 Å². The molecule has 0 saturated carbocycles. The van der Waals surface area contributed by atoms with Crippen molar-refractivity contribution in [3.8, 4) is 0 Å². The normalized spacial score (nSPS) is 10.9. The Morgan fingerprint density at radius 2 is 1.87 bits per heavy atom. The lowest BCUT2D eigenvalue weighted by Gasteiger charge is -2.02. The molecule has 0 aliphatic carbocycles. The molecule has 1 aromatic carbocycles. The number of hydrogen-bond donors (Lipinski definition) is 2. The van der Waals surface area contributed by atoms with Gasteiger partial charge in [-0.25, -0.2) is 4.79 Å². The number of rotatable bonds is 3. The minimum atomic E-state index is -0.380. The lowest BCUT2D eigenvalue weighted by atomic mass is 10.1. The molecule has 0 heterocycles. The molecule has 0 aliphatic heterocycles. The van der Waals surface area contributed by atoms with Crippen LogP contribution in [0.4, 0.5) is 0 Å². The highest BCUT2D eigenvalue weighted by Gasteiger charge is 2.05. The van der Waals surface area contributed by atoms with Crippen molar-refractivity contribution in [3.05, 3.63) is 41.6 Å². The molecule has 0 amide bonds. The summed E-state index contributed by atoms with van der Waals surface area (Å²) in [5.74, 6) is -0.380. The van der Waals surface area contributed by atoms with Crippen molar-refractivity contribution in [2.75, 3.05) is 7.11 Å². The summed E-state index contributed by atoms with van der Waals surface area (Å²) in [6.45, 7) is 0. The van der Waals surface area contributed by atoms with Gasteiger partial charge in [0.15, 0.2) is 0 Å². The third-order valence-corrected chi connectivity index (χ3v) is 1.97. The van der Waals surface area contributed by atoms with Gasteiger partial charge in [-0.05, 0) is 17.7 Å². The van der Waals surface area contributed by atoms with Crippen molar-refractivity contribution < 1.29 is 9.53 Å². The van der Waals surface area contributed by atoms with E-state index < -0.39 is 0 Å². The number of carbonyl (C=O) groups is 1. The first-order valence-electron chi connectivity index (χ1n) is 4.34. The monoisotopic (exact) mass is 204 g/mol. The Morgan fingerprint density at radius 1 is 1.33 bits per heavy atom. The molecule has 0 radical (unpaired) electrons. The number of carbonyl (C=O) groups excluding carboxylic acids is 1. The highest BCUT2D eigenvalue weighted by Crippen LogP contribution is 2.12. The molecule has 0 atom stereocenters. The van der Waals surface area contributed by atoms with Crippen LogP contribution >= 0.6 is 0 Å². The Kier molecular flexibility index (Phi) is 3.62. The predicted molar refractivity (Wildman–Crippen MR) is 58.7 cm³/mol. The largest absolute Gasteiger partial charge is 0.465 e. The predicted octanol–water partition coefficient (Wildman–Crippen LogP) is 1.42. The molecule has 15 heavy (non-hydrogen) atoms. The smallest absolute Gasteiger partial charge is 0.337 e. The van der Waals surface area contributed by atoms with E-state index in [9.17, 15) is 4.79 Å².